The molecule has 0 aliphatic carbocycles. The number of halogens is 2. The molecular weight excluding hydrogens is 398 g/mol. The first kappa shape index (κ1) is 21.1. The van der Waals surface area contributed by atoms with Crippen molar-refractivity contribution in [2.24, 2.45) is 0 Å². The van der Waals surface area contributed by atoms with Crippen LogP contribution in [-0.4, -0.2) is 31.7 Å². The van der Waals surface area contributed by atoms with E-state index >= 15 is 0 Å². The average Bonchev–Trinajstić information content (AvgIpc) is 3.00. The summed E-state index contributed by atoms with van der Waals surface area (Å²) in [5.74, 6) is -2.80. The van der Waals surface area contributed by atoms with E-state index in [1.165, 1.54) is 40.7 Å². The molecule has 3 rings (SSSR count). The van der Waals surface area contributed by atoms with Crippen molar-refractivity contribution in [3.63, 3.8) is 0 Å². The number of anilines is 1. The van der Waals surface area contributed by atoms with Gasteiger partial charge >= 0.3 is 0 Å². The van der Waals surface area contributed by atoms with Gasteiger partial charge in [-0.1, -0.05) is 31.0 Å². The Morgan fingerprint density at radius 1 is 0.966 bits per heavy atom. The normalized spacial score (nSPS) is 15.9. The van der Waals surface area contributed by atoms with Gasteiger partial charge in [-0.25, -0.2) is 17.2 Å². The number of benzene rings is 2. The Bertz CT molecular complexity index is 997. The Hall–Kier alpha value is -2.58. The monoisotopic (exact) mass is 420 g/mol. The van der Waals surface area contributed by atoms with Crippen molar-refractivity contribution in [3.05, 3.63) is 65.7 Å². The average molecular weight is 420 g/mol. The summed E-state index contributed by atoms with van der Waals surface area (Å²) in [5.41, 5.74) is 0.355. The van der Waals surface area contributed by atoms with E-state index in [4.69, 9.17) is 0 Å². The zero-order valence-corrected chi connectivity index (χ0v) is 16.6. The molecule has 0 aromatic heterocycles. The van der Waals surface area contributed by atoms with Gasteiger partial charge in [0.1, 0.15) is 0 Å². The van der Waals surface area contributed by atoms with Gasteiger partial charge in [0.25, 0.3) is 0 Å². The minimum absolute atomic E-state index is 0.211. The first-order valence-electron chi connectivity index (χ1n) is 9.41. The molecule has 5 nitrogen and oxygen atoms in total. The smallest absolute Gasteiger partial charge is 0.248 e. The molecule has 29 heavy (non-hydrogen) atoms. The summed E-state index contributed by atoms with van der Waals surface area (Å²) in [5, 5.41) is 2.26. The maximum absolute atomic E-state index is 13.6. The summed E-state index contributed by atoms with van der Waals surface area (Å²) >= 11 is 0. The maximum atomic E-state index is 13.6. The Kier molecular flexibility index (Phi) is 6.76. The van der Waals surface area contributed by atoms with Gasteiger partial charge in [-0.05, 0) is 48.7 Å². The molecule has 0 atom stereocenters. The molecule has 0 radical (unpaired) electrons. The molecule has 0 spiro atoms. The quantitative estimate of drug-likeness (QED) is 0.738. The molecule has 0 saturated carbocycles. The molecule has 1 aliphatic rings. The number of hydrogen-bond donors (Lipinski definition) is 1. The van der Waals surface area contributed by atoms with Crippen LogP contribution in [0.1, 0.15) is 31.2 Å². The molecule has 1 amide bonds. The lowest BCUT2D eigenvalue weighted by atomic mass is 10.2. The van der Waals surface area contributed by atoms with Crippen molar-refractivity contribution in [1.82, 2.24) is 4.31 Å². The third kappa shape index (κ3) is 5.27. The van der Waals surface area contributed by atoms with Crippen LogP contribution in [0.3, 0.4) is 0 Å². The molecule has 8 heteroatoms. The number of hydrogen-bond acceptors (Lipinski definition) is 3. The van der Waals surface area contributed by atoms with Crippen molar-refractivity contribution < 1.29 is 22.0 Å². The SMILES string of the molecule is O=C(C=Cc1ccc(S(=O)(=O)N2CCCCCC2)cc1)Nc1cccc(F)c1F. The lowest BCUT2D eigenvalue weighted by Crippen LogP contribution is -2.31. The molecule has 0 bridgehead atoms. The lowest BCUT2D eigenvalue weighted by molar-refractivity contribution is -0.111. The van der Waals surface area contributed by atoms with Crippen LogP contribution in [0.2, 0.25) is 0 Å². The number of amides is 1. The lowest BCUT2D eigenvalue weighted by Gasteiger charge is -2.19. The zero-order chi connectivity index (χ0) is 20.9. The highest BCUT2D eigenvalue weighted by Gasteiger charge is 2.24. The van der Waals surface area contributed by atoms with E-state index in [-0.39, 0.29) is 10.6 Å². The molecule has 2 aromatic rings. The predicted octanol–water partition coefficient (Wildman–Crippen LogP) is 4.18. The molecule has 1 saturated heterocycles. The van der Waals surface area contributed by atoms with Crippen LogP contribution in [0.25, 0.3) is 6.08 Å². The Morgan fingerprint density at radius 2 is 1.62 bits per heavy atom. The van der Waals surface area contributed by atoms with Gasteiger partial charge < -0.3 is 5.32 Å². The third-order valence-electron chi connectivity index (χ3n) is 4.72. The number of nitrogens with one attached hydrogen (secondary N) is 1. The molecule has 1 N–H and O–H groups in total. The highest BCUT2D eigenvalue weighted by atomic mass is 32.2. The van der Waals surface area contributed by atoms with E-state index in [1.807, 2.05) is 0 Å². The third-order valence-corrected chi connectivity index (χ3v) is 6.63. The Balaban J connectivity index is 1.66. The van der Waals surface area contributed by atoms with Crippen LogP contribution < -0.4 is 5.32 Å². The summed E-state index contributed by atoms with van der Waals surface area (Å²) in [6, 6.07) is 9.71. The number of rotatable bonds is 5. The van der Waals surface area contributed by atoms with E-state index in [9.17, 15) is 22.0 Å². The van der Waals surface area contributed by atoms with Gasteiger partial charge in [-0.2, -0.15) is 4.31 Å². The molecule has 1 aliphatic heterocycles. The zero-order valence-electron chi connectivity index (χ0n) is 15.8. The highest BCUT2D eigenvalue weighted by molar-refractivity contribution is 7.89. The standard InChI is InChI=1S/C21H22F2N2O3S/c22-18-6-5-7-19(21(18)23)24-20(26)13-10-16-8-11-17(12-9-16)29(27,28)25-14-3-1-2-4-15-25/h5-13H,1-4,14-15H2,(H,24,26). The summed E-state index contributed by atoms with van der Waals surface area (Å²) in [6.45, 7) is 1.06. The topological polar surface area (TPSA) is 66.5 Å². The first-order valence-corrected chi connectivity index (χ1v) is 10.9. The van der Waals surface area contributed by atoms with Crippen LogP contribution in [0.5, 0.6) is 0 Å². The summed E-state index contributed by atoms with van der Waals surface area (Å²) < 4.78 is 53.8. The molecule has 1 heterocycles. The fourth-order valence-electron chi connectivity index (χ4n) is 3.13. The maximum Gasteiger partial charge on any atom is 0.248 e. The number of carbonyl (C=O) groups is 1. The van der Waals surface area contributed by atoms with E-state index in [0.717, 1.165) is 31.7 Å². The van der Waals surface area contributed by atoms with Crippen LogP contribution in [0.4, 0.5) is 14.5 Å². The van der Waals surface area contributed by atoms with Crippen molar-refractivity contribution in [3.8, 4) is 0 Å². The molecule has 2 aromatic carbocycles. The van der Waals surface area contributed by atoms with Gasteiger partial charge in [0.15, 0.2) is 11.6 Å². The van der Waals surface area contributed by atoms with Gasteiger partial charge in [-0.3, -0.25) is 4.79 Å². The van der Waals surface area contributed by atoms with Crippen LogP contribution in [0.15, 0.2) is 53.4 Å². The highest BCUT2D eigenvalue weighted by Crippen LogP contribution is 2.21. The largest absolute Gasteiger partial charge is 0.320 e. The van der Waals surface area contributed by atoms with Gasteiger partial charge in [0.05, 0.1) is 10.6 Å². The minimum Gasteiger partial charge on any atom is -0.320 e. The van der Waals surface area contributed by atoms with Crippen LogP contribution in [0, 0.1) is 11.6 Å². The number of nitrogens with zero attached hydrogens (tertiary/aromatic N) is 1. The summed E-state index contributed by atoms with van der Waals surface area (Å²) in [4.78, 5) is 12.1. The number of sulfonamides is 1. The van der Waals surface area contributed by atoms with Crippen molar-refractivity contribution >= 4 is 27.7 Å². The van der Waals surface area contributed by atoms with E-state index in [2.05, 4.69) is 5.32 Å². The first-order chi connectivity index (χ1) is 13.9. The second-order valence-electron chi connectivity index (χ2n) is 6.81. The van der Waals surface area contributed by atoms with Gasteiger partial charge in [-0.15, -0.1) is 0 Å². The summed E-state index contributed by atoms with van der Waals surface area (Å²) in [7, 11) is -3.53. The van der Waals surface area contributed by atoms with Crippen molar-refractivity contribution in [2.75, 3.05) is 18.4 Å². The molecule has 0 unspecified atom stereocenters. The van der Waals surface area contributed by atoms with Gasteiger partial charge in [0.2, 0.25) is 15.9 Å². The fourth-order valence-corrected chi connectivity index (χ4v) is 4.65. The van der Waals surface area contributed by atoms with E-state index in [0.29, 0.717) is 18.7 Å². The second-order valence-corrected chi connectivity index (χ2v) is 8.75. The fraction of sp³-hybridized carbons (Fsp3) is 0.286. The van der Waals surface area contributed by atoms with Crippen molar-refractivity contribution in [2.45, 2.75) is 30.6 Å². The molecular formula is C21H22F2N2O3S. The Morgan fingerprint density at radius 3 is 2.28 bits per heavy atom. The second kappa shape index (κ2) is 9.28. The van der Waals surface area contributed by atoms with Crippen molar-refractivity contribution in [1.29, 1.82) is 0 Å². The number of carbonyl (C=O) groups excluding carboxylic acids is 1. The van der Waals surface area contributed by atoms with E-state index < -0.39 is 27.6 Å². The van der Waals surface area contributed by atoms with Gasteiger partial charge in [0, 0.05) is 19.2 Å². The molecule has 1 fully saturated rings. The van der Waals surface area contributed by atoms with Crippen LogP contribution >= 0.6 is 0 Å². The molecule has 154 valence electrons. The predicted molar refractivity (Wildman–Crippen MR) is 108 cm³/mol. The Labute approximate surface area is 169 Å². The van der Waals surface area contributed by atoms with Crippen LogP contribution in [-0.2, 0) is 14.8 Å². The summed E-state index contributed by atoms with van der Waals surface area (Å²) in [6.07, 6.45) is 6.44. The minimum atomic E-state index is -3.53. The van der Waals surface area contributed by atoms with E-state index in [1.54, 1.807) is 12.1 Å².